The van der Waals surface area contributed by atoms with Gasteiger partial charge in [0.25, 0.3) is 0 Å². The molecule has 0 spiro atoms. The number of rotatable bonds is 6. The normalized spacial score (nSPS) is 12.1. The number of aromatic nitrogens is 4. The summed E-state index contributed by atoms with van der Waals surface area (Å²) in [4.78, 5) is 0. The van der Waals surface area contributed by atoms with E-state index in [1.807, 2.05) is 12.1 Å². The van der Waals surface area contributed by atoms with Crippen LogP contribution in [0.15, 0.2) is 349 Å². The second-order valence-electron chi connectivity index (χ2n) is 25.8. The van der Waals surface area contributed by atoms with E-state index in [1.165, 1.54) is 131 Å². The Morgan fingerprint density at radius 1 is 0.184 bits per heavy atom. The lowest BCUT2D eigenvalue weighted by Gasteiger charge is -2.12. The van der Waals surface area contributed by atoms with Crippen molar-refractivity contribution in [2.24, 2.45) is 0 Å². The molecule has 0 aliphatic carbocycles. The van der Waals surface area contributed by atoms with E-state index in [1.54, 1.807) is 0 Å². The molecule has 456 valence electrons. The molecule has 6 nitrogen and oxygen atoms in total. The number of nitrogens with zero attached hydrogens (tertiary/aromatic N) is 4. The van der Waals surface area contributed by atoms with Crippen molar-refractivity contribution in [3.8, 4) is 45.0 Å². The fourth-order valence-electron chi connectivity index (χ4n) is 16.3. The van der Waals surface area contributed by atoms with Crippen LogP contribution in [0, 0.1) is 0 Å². The maximum absolute atomic E-state index is 6.63. The van der Waals surface area contributed by atoms with E-state index in [0.29, 0.717) is 0 Å². The number of hydrogen-bond donors (Lipinski definition) is 0. The Morgan fingerprint density at radius 2 is 0.561 bits per heavy atom. The van der Waals surface area contributed by atoms with Gasteiger partial charge >= 0.3 is 0 Å². The van der Waals surface area contributed by atoms with Crippen molar-refractivity contribution >= 4 is 153 Å². The molecule has 98 heavy (non-hydrogen) atoms. The Hall–Kier alpha value is -13.2. The van der Waals surface area contributed by atoms with Crippen LogP contribution in [-0.4, -0.2) is 18.3 Å². The van der Waals surface area contributed by atoms with E-state index >= 15 is 0 Å². The van der Waals surface area contributed by atoms with Gasteiger partial charge in [0.1, 0.15) is 22.3 Å². The molecule has 22 rings (SSSR count). The summed E-state index contributed by atoms with van der Waals surface area (Å²) in [7, 11) is 0. The minimum absolute atomic E-state index is 0.911. The fourth-order valence-corrected chi connectivity index (χ4v) is 16.3. The highest BCUT2D eigenvalue weighted by molar-refractivity contribution is 6.28. The molecule has 6 heteroatoms. The van der Waals surface area contributed by atoms with Gasteiger partial charge in [0.15, 0.2) is 0 Å². The average Bonchev–Trinajstić information content (AvgIpc) is 1.57. The van der Waals surface area contributed by atoms with E-state index < -0.39 is 0 Å². The van der Waals surface area contributed by atoms with Crippen LogP contribution in [0.4, 0.5) is 0 Å². The van der Waals surface area contributed by atoms with Gasteiger partial charge in [0.2, 0.25) is 0 Å². The van der Waals surface area contributed by atoms with E-state index in [9.17, 15) is 0 Å². The lowest BCUT2D eigenvalue weighted by molar-refractivity contribution is 0.669. The van der Waals surface area contributed by atoms with Gasteiger partial charge in [0, 0.05) is 81.4 Å². The van der Waals surface area contributed by atoms with E-state index in [-0.39, 0.29) is 0 Å². The molecular formula is C92H56N4O2. The van der Waals surface area contributed by atoms with E-state index in [0.717, 1.165) is 66.3 Å². The van der Waals surface area contributed by atoms with Crippen molar-refractivity contribution in [1.29, 1.82) is 0 Å². The summed E-state index contributed by atoms with van der Waals surface area (Å²) in [6.45, 7) is 0. The van der Waals surface area contributed by atoms with Crippen molar-refractivity contribution in [3.05, 3.63) is 340 Å². The molecule has 0 unspecified atom stereocenters. The number of hydrogen-bond acceptors (Lipinski definition) is 2. The van der Waals surface area contributed by atoms with Crippen LogP contribution in [0.1, 0.15) is 0 Å². The molecule has 0 aliphatic rings. The lowest BCUT2D eigenvalue weighted by Crippen LogP contribution is -1.95. The Morgan fingerprint density at radius 3 is 1.10 bits per heavy atom. The van der Waals surface area contributed by atoms with Gasteiger partial charge in [-0.1, -0.05) is 206 Å². The molecule has 0 radical (unpaired) electrons. The molecule has 0 N–H and O–H groups in total. The molecule has 0 saturated carbocycles. The number of fused-ring (bicyclic) bond motifs is 22. The van der Waals surface area contributed by atoms with E-state index in [4.69, 9.17) is 8.83 Å². The van der Waals surface area contributed by atoms with Gasteiger partial charge in [-0.15, -0.1) is 0 Å². The molecule has 0 amide bonds. The van der Waals surface area contributed by atoms with E-state index in [2.05, 4.69) is 346 Å². The zero-order chi connectivity index (χ0) is 64.1. The maximum atomic E-state index is 6.63. The minimum Gasteiger partial charge on any atom is -0.456 e. The van der Waals surface area contributed by atoms with Crippen LogP contribution in [0.2, 0.25) is 0 Å². The first kappa shape index (κ1) is 54.3. The third-order valence-corrected chi connectivity index (χ3v) is 20.6. The number of furan rings is 2. The second-order valence-corrected chi connectivity index (χ2v) is 25.8. The van der Waals surface area contributed by atoms with Crippen LogP contribution in [-0.2, 0) is 0 Å². The summed E-state index contributed by atoms with van der Waals surface area (Å²) >= 11 is 0. The standard InChI is InChI=1S/2C46H28N2O/c1-2-13-32(14-3-1)47-42-25-22-31(28-38(42)45-43(47)26-23-36-35-17-7-9-20-44(35)49-46(36)45)30-21-24-41-37(27-30)34-16-6-8-18-40(34)48(41)39-19-10-12-29-11-4-5-15-33(29)39;1-2-13-32(14-3-1)47-41-24-22-31(28-37(41)45-42(47)25-26-44-46(45)35-17-7-9-20-43(35)49-44)30-21-23-40-36(27-30)34-16-6-8-18-39(34)48(40)38-19-10-12-29-11-4-5-15-33(29)38/h2*1-28H. The summed E-state index contributed by atoms with van der Waals surface area (Å²) < 4.78 is 22.6. The molecule has 6 aromatic heterocycles. The Labute approximate surface area is 561 Å². The van der Waals surface area contributed by atoms with Crippen molar-refractivity contribution in [1.82, 2.24) is 18.3 Å². The van der Waals surface area contributed by atoms with Crippen LogP contribution < -0.4 is 0 Å². The van der Waals surface area contributed by atoms with Crippen molar-refractivity contribution in [2.45, 2.75) is 0 Å². The zero-order valence-corrected chi connectivity index (χ0v) is 52.9. The summed E-state index contributed by atoms with van der Waals surface area (Å²) in [6.07, 6.45) is 0. The smallest absolute Gasteiger partial charge is 0.145 e. The summed E-state index contributed by atoms with van der Waals surface area (Å²) in [5, 5.41) is 19.3. The largest absolute Gasteiger partial charge is 0.456 e. The highest BCUT2D eigenvalue weighted by Crippen LogP contribution is 2.46. The van der Waals surface area contributed by atoms with Crippen LogP contribution in [0.25, 0.3) is 198 Å². The topological polar surface area (TPSA) is 46.0 Å². The van der Waals surface area contributed by atoms with Gasteiger partial charge in [-0.3, -0.25) is 0 Å². The Kier molecular flexibility index (Phi) is 11.7. The first-order chi connectivity index (χ1) is 48.6. The summed E-state index contributed by atoms with van der Waals surface area (Å²) in [6, 6.07) is 123. The molecule has 0 aliphatic heterocycles. The van der Waals surface area contributed by atoms with Gasteiger partial charge in [-0.2, -0.15) is 0 Å². The molecule has 0 bridgehead atoms. The van der Waals surface area contributed by atoms with Gasteiger partial charge < -0.3 is 27.1 Å². The quantitative estimate of drug-likeness (QED) is 0.167. The molecule has 0 saturated heterocycles. The highest BCUT2D eigenvalue weighted by atomic mass is 16.3. The van der Waals surface area contributed by atoms with Crippen molar-refractivity contribution in [3.63, 3.8) is 0 Å². The summed E-state index contributed by atoms with van der Waals surface area (Å²) in [5.41, 5.74) is 22.6. The summed E-state index contributed by atoms with van der Waals surface area (Å²) in [5.74, 6) is 0. The molecule has 22 aromatic rings. The molecule has 6 heterocycles. The van der Waals surface area contributed by atoms with Gasteiger partial charge in [-0.05, 0) is 166 Å². The first-order valence-corrected chi connectivity index (χ1v) is 33.5. The second kappa shape index (κ2) is 21.2. The van der Waals surface area contributed by atoms with Crippen LogP contribution >= 0.6 is 0 Å². The van der Waals surface area contributed by atoms with Crippen LogP contribution in [0.3, 0.4) is 0 Å². The predicted octanol–water partition coefficient (Wildman–Crippen LogP) is 25.2. The average molecular weight is 1250 g/mol. The monoisotopic (exact) mass is 1250 g/mol. The zero-order valence-electron chi connectivity index (χ0n) is 52.9. The lowest BCUT2D eigenvalue weighted by atomic mass is 9.99. The highest BCUT2D eigenvalue weighted by Gasteiger charge is 2.24. The SMILES string of the molecule is c1ccc(-n2c3ccc(-c4ccc5c(c4)c4ccccc4n5-c4cccc5ccccc45)cc3c3c4c(ccc32)oc2ccccc24)cc1.c1ccc(-n2c3ccc(-c4ccc5c(c4)c4ccccc4n5-c4cccc5ccccc45)cc3c3c4oc5ccccc5c4ccc32)cc1. The molecule has 0 fully saturated rings. The number of para-hydroxylation sites is 6. The van der Waals surface area contributed by atoms with Crippen molar-refractivity contribution in [2.75, 3.05) is 0 Å². The first-order valence-electron chi connectivity index (χ1n) is 33.5. The third-order valence-electron chi connectivity index (χ3n) is 20.6. The molecule has 0 atom stereocenters. The van der Waals surface area contributed by atoms with Gasteiger partial charge in [-0.25, -0.2) is 0 Å². The molecular weight excluding hydrogens is 1190 g/mol. The van der Waals surface area contributed by atoms with Crippen LogP contribution in [0.5, 0.6) is 0 Å². The van der Waals surface area contributed by atoms with Gasteiger partial charge in [0.05, 0.1) is 60.9 Å². The molecule has 16 aromatic carbocycles. The Bertz CT molecular complexity index is 7040. The fraction of sp³-hybridized carbons (Fsp3) is 0. The third kappa shape index (κ3) is 8.03. The number of benzene rings is 16. The van der Waals surface area contributed by atoms with Crippen molar-refractivity contribution < 1.29 is 8.83 Å². The minimum atomic E-state index is 0.911. The maximum Gasteiger partial charge on any atom is 0.145 e. The predicted molar refractivity (Wildman–Crippen MR) is 411 cm³/mol. The Balaban J connectivity index is 0.000000129.